The second kappa shape index (κ2) is 7.43. The maximum atomic E-state index is 13.1. The fourth-order valence-corrected chi connectivity index (χ4v) is 5.72. The topological polar surface area (TPSA) is 53.5 Å². The highest BCUT2D eigenvalue weighted by Crippen LogP contribution is 2.27. The number of aryl methyl sites for hydroxylation is 4. The molecule has 0 spiro atoms. The van der Waals surface area contributed by atoms with Crippen molar-refractivity contribution in [3.05, 3.63) is 64.7 Å². The molecule has 0 radical (unpaired) electrons. The molecule has 0 unspecified atom stereocenters. The standard InChI is InChI=1S/C23H27N3O2S/c1-16-8-9-21(19(4)14-16)29(27,28)26-12-10-25(11-13-26)22-15-18(3)20-7-5-6-17(2)23(20)24-22/h5-9,14-15H,10-13H2,1-4H3. The van der Waals surface area contributed by atoms with E-state index in [1.54, 1.807) is 10.4 Å². The SMILES string of the molecule is Cc1ccc(S(=O)(=O)N2CCN(c3cc(C)c4cccc(C)c4n3)CC2)c(C)c1. The largest absolute Gasteiger partial charge is 0.354 e. The van der Waals surface area contributed by atoms with Gasteiger partial charge < -0.3 is 4.90 Å². The van der Waals surface area contributed by atoms with Gasteiger partial charge in [-0.15, -0.1) is 0 Å². The molecule has 4 rings (SSSR count). The first-order valence-corrected chi connectivity index (χ1v) is 11.4. The molecule has 0 aliphatic carbocycles. The van der Waals surface area contributed by atoms with E-state index in [1.807, 2.05) is 26.0 Å². The quantitative estimate of drug-likeness (QED) is 0.657. The number of aromatic nitrogens is 1. The number of nitrogens with zero attached hydrogens (tertiary/aromatic N) is 3. The number of anilines is 1. The lowest BCUT2D eigenvalue weighted by atomic mass is 10.1. The summed E-state index contributed by atoms with van der Waals surface area (Å²) in [6, 6.07) is 13.9. The van der Waals surface area contributed by atoms with Gasteiger partial charge in [0.25, 0.3) is 0 Å². The molecule has 3 aromatic rings. The van der Waals surface area contributed by atoms with Crippen LogP contribution in [0.5, 0.6) is 0 Å². The molecule has 0 amide bonds. The maximum Gasteiger partial charge on any atom is 0.243 e. The first-order valence-electron chi connectivity index (χ1n) is 9.97. The highest BCUT2D eigenvalue weighted by molar-refractivity contribution is 7.89. The number of rotatable bonds is 3. The number of para-hydroxylation sites is 1. The zero-order valence-corrected chi connectivity index (χ0v) is 18.3. The summed E-state index contributed by atoms with van der Waals surface area (Å²) >= 11 is 0. The monoisotopic (exact) mass is 409 g/mol. The Hall–Kier alpha value is -2.44. The van der Waals surface area contributed by atoms with Crippen LogP contribution in [0.25, 0.3) is 10.9 Å². The summed E-state index contributed by atoms with van der Waals surface area (Å²) in [5.41, 5.74) is 5.24. The minimum atomic E-state index is -3.48. The second-order valence-corrected chi connectivity index (χ2v) is 9.83. The van der Waals surface area contributed by atoms with Crippen LogP contribution in [0.3, 0.4) is 0 Å². The maximum absolute atomic E-state index is 13.1. The van der Waals surface area contributed by atoms with Gasteiger partial charge in [0.1, 0.15) is 5.82 Å². The predicted molar refractivity (Wildman–Crippen MR) is 118 cm³/mol. The minimum absolute atomic E-state index is 0.409. The number of pyridine rings is 1. The van der Waals surface area contributed by atoms with Gasteiger partial charge in [-0.05, 0) is 56.5 Å². The first-order chi connectivity index (χ1) is 13.8. The van der Waals surface area contributed by atoms with E-state index in [2.05, 4.69) is 43.0 Å². The molecular weight excluding hydrogens is 382 g/mol. The lowest BCUT2D eigenvalue weighted by Gasteiger charge is -2.35. The molecule has 0 atom stereocenters. The molecule has 0 saturated carbocycles. The third-order valence-electron chi connectivity index (χ3n) is 5.75. The molecule has 2 heterocycles. The Morgan fingerprint density at radius 2 is 1.55 bits per heavy atom. The minimum Gasteiger partial charge on any atom is -0.354 e. The number of fused-ring (bicyclic) bond motifs is 1. The van der Waals surface area contributed by atoms with E-state index in [9.17, 15) is 8.42 Å². The van der Waals surface area contributed by atoms with Gasteiger partial charge in [0, 0.05) is 31.6 Å². The van der Waals surface area contributed by atoms with E-state index in [0.29, 0.717) is 31.1 Å². The van der Waals surface area contributed by atoms with Crippen LogP contribution >= 0.6 is 0 Å². The molecule has 1 aromatic heterocycles. The van der Waals surface area contributed by atoms with E-state index < -0.39 is 10.0 Å². The molecule has 152 valence electrons. The summed E-state index contributed by atoms with van der Waals surface area (Å²) in [6.45, 7) is 10.2. The zero-order chi connectivity index (χ0) is 20.8. The average Bonchev–Trinajstić information content (AvgIpc) is 2.68. The van der Waals surface area contributed by atoms with Gasteiger partial charge in [0.05, 0.1) is 10.4 Å². The number of sulfonamides is 1. The fraction of sp³-hybridized carbons (Fsp3) is 0.348. The highest BCUT2D eigenvalue weighted by Gasteiger charge is 2.30. The Morgan fingerprint density at radius 1 is 0.828 bits per heavy atom. The van der Waals surface area contributed by atoms with Crippen LogP contribution in [0.4, 0.5) is 5.82 Å². The van der Waals surface area contributed by atoms with Gasteiger partial charge >= 0.3 is 0 Å². The van der Waals surface area contributed by atoms with Crippen molar-refractivity contribution in [3.8, 4) is 0 Å². The summed E-state index contributed by atoms with van der Waals surface area (Å²) in [7, 11) is -3.48. The third kappa shape index (κ3) is 3.63. The van der Waals surface area contributed by atoms with E-state index in [1.165, 1.54) is 10.9 Å². The molecule has 0 N–H and O–H groups in total. The van der Waals surface area contributed by atoms with Crippen molar-refractivity contribution < 1.29 is 8.42 Å². The second-order valence-electron chi connectivity index (χ2n) is 7.93. The Kier molecular flexibility index (Phi) is 5.09. The molecule has 1 fully saturated rings. The Morgan fingerprint density at radius 3 is 2.24 bits per heavy atom. The third-order valence-corrected chi connectivity index (χ3v) is 7.80. The van der Waals surface area contributed by atoms with Crippen LogP contribution < -0.4 is 4.90 Å². The number of piperazine rings is 1. The number of hydrogen-bond acceptors (Lipinski definition) is 4. The average molecular weight is 410 g/mol. The molecule has 5 nitrogen and oxygen atoms in total. The highest BCUT2D eigenvalue weighted by atomic mass is 32.2. The van der Waals surface area contributed by atoms with Crippen LogP contribution in [-0.4, -0.2) is 43.9 Å². The number of benzene rings is 2. The smallest absolute Gasteiger partial charge is 0.243 e. The van der Waals surface area contributed by atoms with Crippen molar-refractivity contribution in [2.75, 3.05) is 31.1 Å². The van der Waals surface area contributed by atoms with Crippen molar-refractivity contribution in [3.63, 3.8) is 0 Å². The zero-order valence-electron chi connectivity index (χ0n) is 17.4. The van der Waals surface area contributed by atoms with Gasteiger partial charge in [-0.25, -0.2) is 13.4 Å². The summed E-state index contributed by atoms with van der Waals surface area (Å²) < 4.78 is 27.9. The Labute approximate surface area is 173 Å². The molecular formula is C23H27N3O2S. The van der Waals surface area contributed by atoms with E-state index >= 15 is 0 Å². The van der Waals surface area contributed by atoms with Crippen LogP contribution in [-0.2, 0) is 10.0 Å². The van der Waals surface area contributed by atoms with Crippen molar-refractivity contribution in [1.82, 2.24) is 9.29 Å². The van der Waals surface area contributed by atoms with Gasteiger partial charge in [0.2, 0.25) is 10.0 Å². The molecule has 29 heavy (non-hydrogen) atoms. The molecule has 1 aliphatic heterocycles. The predicted octanol–water partition coefficient (Wildman–Crippen LogP) is 3.98. The van der Waals surface area contributed by atoms with Crippen molar-refractivity contribution in [2.45, 2.75) is 32.6 Å². The lowest BCUT2D eigenvalue weighted by molar-refractivity contribution is 0.383. The molecule has 2 aromatic carbocycles. The van der Waals surface area contributed by atoms with Crippen molar-refractivity contribution in [2.24, 2.45) is 0 Å². The Bertz CT molecular complexity index is 1180. The van der Waals surface area contributed by atoms with Crippen molar-refractivity contribution >= 4 is 26.7 Å². The summed E-state index contributed by atoms with van der Waals surface area (Å²) in [4.78, 5) is 7.48. The summed E-state index contributed by atoms with van der Waals surface area (Å²) in [6.07, 6.45) is 0. The molecule has 1 saturated heterocycles. The number of hydrogen-bond donors (Lipinski definition) is 0. The molecule has 6 heteroatoms. The summed E-state index contributed by atoms with van der Waals surface area (Å²) in [5.74, 6) is 0.924. The van der Waals surface area contributed by atoms with E-state index in [4.69, 9.17) is 4.98 Å². The van der Waals surface area contributed by atoms with Gasteiger partial charge in [0.15, 0.2) is 0 Å². The Balaban J connectivity index is 1.57. The molecule has 0 bridgehead atoms. The van der Waals surface area contributed by atoms with Gasteiger partial charge in [-0.2, -0.15) is 4.31 Å². The fourth-order valence-electron chi connectivity index (χ4n) is 4.09. The van der Waals surface area contributed by atoms with Crippen LogP contribution in [0, 0.1) is 27.7 Å². The van der Waals surface area contributed by atoms with Crippen LogP contribution in [0.2, 0.25) is 0 Å². The lowest BCUT2D eigenvalue weighted by Crippen LogP contribution is -2.49. The molecule has 1 aliphatic rings. The van der Waals surface area contributed by atoms with E-state index in [0.717, 1.165) is 28.0 Å². The van der Waals surface area contributed by atoms with Crippen molar-refractivity contribution in [1.29, 1.82) is 0 Å². The van der Waals surface area contributed by atoms with Gasteiger partial charge in [-0.1, -0.05) is 35.9 Å². The summed E-state index contributed by atoms with van der Waals surface area (Å²) in [5, 5.41) is 1.17. The normalized spacial score (nSPS) is 15.8. The van der Waals surface area contributed by atoms with E-state index in [-0.39, 0.29) is 0 Å². The van der Waals surface area contributed by atoms with Gasteiger partial charge in [-0.3, -0.25) is 0 Å². The first kappa shape index (κ1) is 19.9. The van der Waals surface area contributed by atoms with Crippen LogP contribution in [0.1, 0.15) is 22.3 Å². The van der Waals surface area contributed by atoms with Crippen LogP contribution in [0.15, 0.2) is 47.4 Å².